The molecule has 190 valence electrons. The number of benzene rings is 4. The van der Waals surface area contributed by atoms with E-state index in [2.05, 4.69) is 0 Å². The highest BCUT2D eigenvalue weighted by atomic mass is 28.4. The van der Waals surface area contributed by atoms with Gasteiger partial charge in [0.2, 0.25) is 5.75 Å². The average molecular weight is 526 g/mol. The summed E-state index contributed by atoms with van der Waals surface area (Å²) in [4.78, 5) is 11.4. The number of nitro groups is 1. The van der Waals surface area contributed by atoms with Gasteiger partial charge in [0.15, 0.2) is 5.75 Å². The second-order valence-corrected chi connectivity index (χ2v) is 11.4. The summed E-state index contributed by atoms with van der Waals surface area (Å²) < 4.78 is 58.8. The lowest BCUT2D eigenvalue weighted by Gasteiger charge is -2.33. The summed E-state index contributed by atoms with van der Waals surface area (Å²) in [6, 6.07) is 20.0. The van der Waals surface area contributed by atoms with Crippen molar-refractivity contribution in [3.63, 3.8) is 0 Å². The Labute approximate surface area is 212 Å². The predicted molar refractivity (Wildman–Crippen MR) is 135 cm³/mol. The minimum atomic E-state index is -3.58. The summed E-state index contributed by atoms with van der Waals surface area (Å²) >= 11 is 0. The molecule has 0 aromatic heterocycles. The van der Waals surface area contributed by atoms with Crippen molar-refractivity contribution in [3.8, 4) is 11.5 Å². The van der Waals surface area contributed by atoms with Crippen molar-refractivity contribution in [2.75, 3.05) is 14.2 Å². The van der Waals surface area contributed by atoms with E-state index < -0.39 is 30.7 Å². The number of nitro benzene ring substituents is 1. The molecular weight excluding hydrogens is 503 g/mol. The first-order chi connectivity index (χ1) is 17.8. The number of ether oxygens (including phenoxy) is 2. The van der Waals surface area contributed by atoms with E-state index in [9.17, 15) is 23.3 Å². The normalized spacial score (nSPS) is 11.3. The van der Waals surface area contributed by atoms with Crippen LogP contribution in [0.1, 0.15) is 5.56 Å². The van der Waals surface area contributed by atoms with Gasteiger partial charge in [-0.05, 0) is 64.1 Å². The van der Waals surface area contributed by atoms with E-state index >= 15 is 0 Å². The van der Waals surface area contributed by atoms with Crippen LogP contribution in [0, 0.1) is 27.6 Å². The molecular formula is C27H22F3NO5Si. The third-order valence-corrected chi connectivity index (χ3v) is 10.00. The third-order valence-electron chi connectivity index (χ3n) is 5.98. The standard InChI is InChI=1S/C27H22F3NO5Si/c1-34-25-16-3-18(26(31(32)33)27(25)35-2)17-36-37(22-10-4-19(28)5-11-22,23-12-6-20(29)7-13-23)24-14-8-21(30)9-15-24/h3-16H,17H2,1-2H3. The van der Waals surface area contributed by atoms with Gasteiger partial charge in [0.05, 0.1) is 31.3 Å². The maximum absolute atomic E-state index is 13.9. The minimum Gasteiger partial charge on any atom is -0.493 e. The van der Waals surface area contributed by atoms with Gasteiger partial charge >= 0.3 is 5.69 Å². The van der Waals surface area contributed by atoms with Crippen molar-refractivity contribution in [1.29, 1.82) is 0 Å². The molecule has 0 unspecified atom stereocenters. The van der Waals surface area contributed by atoms with Gasteiger partial charge in [-0.25, -0.2) is 13.2 Å². The first-order valence-corrected chi connectivity index (χ1v) is 13.0. The molecule has 0 N–H and O–H groups in total. The Morgan fingerprint density at radius 2 is 1.14 bits per heavy atom. The Hall–Kier alpha value is -4.15. The van der Waals surface area contributed by atoms with Crippen LogP contribution in [-0.2, 0) is 11.0 Å². The van der Waals surface area contributed by atoms with Crippen LogP contribution in [0.15, 0.2) is 84.9 Å². The average Bonchev–Trinajstić information content (AvgIpc) is 2.90. The Morgan fingerprint density at radius 1 is 0.703 bits per heavy atom. The molecule has 4 aromatic rings. The van der Waals surface area contributed by atoms with Crippen molar-refractivity contribution < 1.29 is 32.0 Å². The molecule has 0 radical (unpaired) electrons. The summed E-state index contributed by atoms with van der Waals surface area (Å²) in [6.07, 6.45) is 0. The molecule has 0 atom stereocenters. The molecule has 0 spiro atoms. The smallest absolute Gasteiger partial charge is 0.320 e. The van der Waals surface area contributed by atoms with Crippen molar-refractivity contribution in [2.45, 2.75) is 6.61 Å². The van der Waals surface area contributed by atoms with Crippen LogP contribution in [0.3, 0.4) is 0 Å². The summed E-state index contributed by atoms with van der Waals surface area (Å²) in [5.41, 5.74) is -0.132. The molecule has 4 aromatic carbocycles. The maximum Gasteiger partial charge on any atom is 0.320 e. The van der Waals surface area contributed by atoms with E-state index in [1.54, 1.807) is 36.4 Å². The number of hydrogen-bond donors (Lipinski definition) is 0. The molecule has 0 heterocycles. The molecule has 0 saturated heterocycles. The van der Waals surface area contributed by atoms with Crippen LogP contribution in [0.25, 0.3) is 0 Å². The zero-order chi connectivity index (χ0) is 26.6. The molecule has 6 nitrogen and oxygen atoms in total. The molecule has 0 bridgehead atoms. The largest absolute Gasteiger partial charge is 0.493 e. The topological polar surface area (TPSA) is 70.8 Å². The molecule has 0 fully saturated rings. The molecule has 4 rings (SSSR count). The van der Waals surface area contributed by atoms with E-state index in [1.807, 2.05) is 0 Å². The van der Waals surface area contributed by atoms with Gasteiger partial charge < -0.3 is 13.9 Å². The highest BCUT2D eigenvalue weighted by Gasteiger charge is 2.43. The fourth-order valence-electron chi connectivity index (χ4n) is 4.26. The second-order valence-electron chi connectivity index (χ2n) is 8.06. The van der Waals surface area contributed by atoms with Gasteiger partial charge in [0.1, 0.15) is 17.5 Å². The number of nitrogens with zero attached hydrogens (tertiary/aromatic N) is 1. The monoisotopic (exact) mass is 525 g/mol. The SMILES string of the molecule is COc1ccc(CO[Si](c2ccc(F)cc2)(c2ccc(F)cc2)c2ccc(F)cc2)c([N+](=O)[O-])c1OC. The lowest BCUT2D eigenvalue weighted by molar-refractivity contribution is -0.386. The summed E-state index contributed by atoms with van der Waals surface area (Å²) in [6.45, 7) is -0.255. The fourth-order valence-corrected chi connectivity index (χ4v) is 8.04. The van der Waals surface area contributed by atoms with E-state index in [0.29, 0.717) is 15.6 Å². The van der Waals surface area contributed by atoms with Gasteiger partial charge in [0.25, 0.3) is 8.32 Å². The highest BCUT2D eigenvalue weighted by molar-refractivity contribution is 7.07. The zero-order valence-corrected chi connectivity index (χ0v) is 20.9. The first kappa shape index (κ1) is 25.9. The van der Waals surface area contributed by atoms with Gasteiger partial charge in [-0.3, -0.25) is 10.1 Å². The van der Waals surface area contributed by atoms with Crippen molar-refractivity contribution in [1.82, 2.24) is 0 Å². The Kier molecular flexibility index (Phi) is 7.60. The molecule has 0 aliphatic rings. The van der Waals surface area contributed by atoms with Crippen LogP contribution in [0.2, 0.25) is 0 Å². The van der Waals surface area contributed by atoms with E-state index in [4.69, 9.17) is 13.9 Å². The fraction of sp³-hybridized carbons (Fsp3) is 0.111. The van der Waals surface area contributed by atoms with E-state index in [1.165, 1.54) is 62.8 Å². The second kappa shape index (κ2) is 10.9. The summed E-state index contributed by atoms with van der Waals surface area (Å²) in [5, 5.41) is 13.8. The Balaban J connectivity index is 1.94. The zero-order valence-electron chi connectivity index (χ0n) is 19.9. The molecule has 10 heteroatoms. The van der Waals surface area contributed by atoms with E-state index in [-0.39, 0.29) is 29.4 Å². The van der Waals surface area contributed by atoms with Gasteiger partial charge in [0, 0.05) is 0 Å². The quantitative estimate of drug-likeness (QED) is 0.142. The van der Waals surface area contributed by atoms with Crippen LogP contribution < -0.4 is 25.0 Å². The van der Waals surface area contributed by atoms with Crippen molar-refractivity contribution >= 4 is 29.6 Å². The summed E-state index contributed by atoms with van der Waals surface area (Å²) in [7, 11) is -0.913. The third kappa shape index (κ3) is 5.06. The van der Waals surface area contributed by atoms with Gasteiger partial charge in [-0.2, -0.15) is 0 Å². The lowest BCUT2D eigenvalue weighted by Crippen LogP contribution is -2.69. The van der Waals surface area contributed by atoms with Crippen molar-refractivity contribution in [3.05, 3.63) is 118 Å². The van der Waals surface area contributed by atoms with Crippen LogP contribution in [-0.4, -0.2) is 27.5 Å². The predicted octanol–water partition coefficient (Wildman–Crippen LogP) is 4.21. The Morgan fingerprint density at radius 3 is 1.49 bits per heavy atom. The lowest BCUT2D eigenvalue weighted by atomic mass is 10.1. The van der Waals surface area contributed by atoms with Crippen LogP contribution in [0.4, 0.5) is 18.9 Å². The number of halogens is 3. The highest BCUT2D eigenvalue weighted by Crippen LogP contribution is 2.40. The maximum atomic E-state index is 13.9. The molecule has 0 aliphatic carbocycles. The number of rotatable bonds is 9. The first-order valence-electron chi connectivity index (χ1n) is 11.1. The van der Waals surface area contributed by atoms with Gasteiger partial charge in [-0.1, -0.05) is 36.4 Å². The van der Waals surface area contributed by atoms with Gasteiger partial charge in [-0.15, -0.1) is 0 Å². The van der Waals surface area contributed by atoms with Crippen LogP contribution >= 0.6 is 0 Å². The number of hydrogen-bond acceptors (Lipinski definition) is 5. The molecule has 37 heavy (non-hydrogen) atoms. The minimum absolute atomic E-state index is 0.0637. The molecule has 0 amide bonds. The molecule has 0 aliphatic heterocycles. The number of methoxy groups -OCH3 is 2. The van der Waals surface area contributed by atoms with Crippen LogP contribution in [0.5, 0.6) is 11.5 Å². The van der Waals surface area contributed by atoms with E-state index in [0.717, 1.165) is 0 Å². The van der Waals surface area contributed by atoms with Crippen molar-refractivity contribution in [2.24, 2.45) is 0 Å². The molecule has 0 saturated carbocycles. The Bertz CT molecular complexity index is 1290. The summed E-state index contributed by atoms with van der Waals surface area (Å²) in [5.74, 6) is -1.30.